The van der Waals surface area contributed by atoms with Crippen LogP contribution in [-0.2, 0) is 17.8 Å². The van der Waals surface area contributed by atoms with Crippen LogP contribution in [0.3, 0.4) is 0 Å². The molecule has 2 N–H and O–H groups in total. The number of rotatable bonds is 7. The largest absolute Gasteiger partial charge is 0.508 e. The first-order valence-electron chi connectivity index (χ1n) is 15.4. The summed E-state index contributed by atoms with van der Waals surface area (Å²) >= 11 is 0. The average molecular weight is 599 g/mol. The zero-order chi connectivity index (χ0) is 30.8. The van der Waals surface area contributed by atoms with Crippen molar-refractivity contribution in [3.8, 4) is 24.1 Å². The normalized spacial score (nSPS) is 20.6. The average Bonchev–Trinajstić information content (AvgIpc) is 3.29. The third kappa shape index (κ3) is 6.02. The molecule has 2 aromatic carbocycles. The highest BCUT2D eigenvalue weighted by molar-refractivity contribution is 6.00. The molecule has 0 saturated carbocycles. The third-order valence-electron chi connectivity index (χ3n) is 9.12. The van der Waals surface area contributed by atoms with Crippen LogP contribution in [0.25, 0.3) is 10.8 Å². The van der Waals surface area contributed by atoms with Crippen LogP contribution in [0.2, 0.25) is 0 Å². The highest BCUT2D eigenvalue weighted by Crippen LogP contribution is 2.38. The number of hydrogen-bond donors (Lipinski definition) is 2. The standard InChI is InChI=1S/C34H39FN6O3/c1-4-26-28(35)12-11-22-17-25(42)18-30(32(22)26)40-16-13-27-29(20-40)37-34(44-21-24-10-8-14-39(24)3)38-33(27)41-15-7-6-9-23(19-41)36-31(43)5-2/h1,5,11-12,17-18,23-24,42H,2,6-10,13-16,19-21H2,3H3,(H,36,43)/t23?,24-/m0/s1. The summed E-state index contributed by atoms with van der Waals surface area (Å²) in [6, 6.07) is 6.83. The minimum atomic E-state index is -0.471. The van der Waals surface area contributed by atoms with Crippen molar-refractivity contribution < 1.29 is 19.0 Å². The number of aromatic nitrogens is 2. The van der Waals surface area contributed by atoms with Gasteiger partial charge in [0.05, 0.1) is 17.8 Å². The predicted octanol–water partition coefficient (Wildman–Crippen LogP) is 4.15. The molecule has 1 unspecified atom stereocenters. The number of aromatic hydroxyl groups is 1. The SMILES string of the molecule is C#Cc1c(F)ccc2cc(O)cc(N3CCc4c(nc(OC[C@@H]5CCCN5C)nc4N4CCCCC(NC(=O)C=C)C4)C3)c12. The van der Waals surface area contributed by atoms with E-state index in [1.165, 1.54) is 12.1 Å². The Bertz CT molecular complexity index is 1620. The fourth-order valence-electron chi connectivity index (χ4n) is 6.79. The summed E-state index contributed by atoms with van der Waals surface area (Å²) < 4.78 is 21.1. The molecule has 2 atom stereocenters. The lowest BCUT2D eigenvalue weighted by atomic mass is 9.98. The molecule has 230 valence electrons. The lowest BCUT2D eigenvalue weighted by Crippen LogP contribution is -2.43. The number of phenolic OH excluding ortho intramolecular Hbond substituents is 1. The Morgan fingerprint density at radius 3 is 2.84 bits per heavy atom. The lowest BCUT2D eigenvalue weighted by Gasteiger charge is -2.35. The van der Waals surface area contributed by atoms with E-state index >= 15 is 0 Å². The molecular weight excluding hydrogens is 559 g/mol. The molecule has 0 bridgehead atoms. The van der Waals surface area contributed by atoms with Crippen LogP contribution in [0, 0.1) is 18.2 Å². The quantitative estimate of drug-likeness (QED) is 0.310. The Morgan fingerprint density at radius 1 is 1.20 bits per heavy atom. The molecule has 44 heavy (non-hydrogen) atoms. The number of halogens is 1. The maximum absolute atomic E-state index is 14.8. The van der Waals surface area contributed by atoms with Crippen LogP contribution >= 0.6 is 0 Å². The van der Waals surface area contributed by atoms with Gasteiger partial charge in [-0.05, 0) is 75.7 Å². The van der Waals surface area contributed by atoms with Crippen LogP contribution in [0.5, 0.6) is 11.8 Å². The molecule has 1 aromatic heterocycles. The maximum atomic E-state index is 14.8. The number of nitrogens with zero attached hydrogens (tertiary/aromatic N) is 5. The lowest BCUT2D eigenvalue weighted by molar-refractivity contribution is -0.117. The van der Waals surface area contributed by atoms with Crippen LogP contribution in [0.1, 0.15) is 48.9 Å². The Morgan fingerprint density at radius 2 is 2.07 bits per heavy atom. The van der Waals surface area contributed by atoms with E-state index in [0.29, 0.717) is 61.2 Å². The topological polar surface area (TPSA) is 94.1 Å². The first kappa shape index (κ1) is 29.7. The Hall–Kier alpha value is -4.36. The fraction of sp³-hybridized carbons (Fsp3) is 0.441. The number of likely N-dealkylation sites (N-methyl/N-ethyl adjacent to an activating group) is 1. The molecule has 0 spiro atoms. The summed E-state index contributed by atoms with van der Waals surface area (Å²) in [7, 11) is 2.11. The highest BCUT2D eigenvalue weighted by atomic mass is 19.1. The molecule has 0 radical (unpaired) electrons. The maximum Gasteiger partial charge on any atom is 0.318 e. The fourth-order valence-corrected chi connectivity index (χ4v) is 6.79. The van der Waals surface area contributed by atoms with Crippen molar-refractivity contribution in [2.45, 2.75) is 57.2 Å². The van der Waals surface area contributed by atoms with E-state index in [1.807, 2.05) is 0 Å². The van der Waals surface area contributed by atoms with Gasteiger partial charge < -0.3 is 29.9 Å². The van der Waals surface area contributed by atoms with E-state index in [1.54, 1.807) is 18.2 Å². The minimum Gasteiger partial charge on any atom is -0.508 e. The number of ether oxygens (including phenoxy) is 1. The monoisotopic (exact) mass is 598 g/mol. The Kier molecular flexibility index (Phi) is 8.58. The van der Waals surface area contributed by atoms with E-state index in [4.69, 9.17) is 21.1 Å². The van der Waals surface area contributed by atoms with Crippen molar-refractivity contribution >= 4 is 28.2 Å². The van der Waals surface area contributed by atoms with Gasteiger partial charge in [0.1, 0.15) is 24.0 Å². The number of likely N-dealkylation sites (tertiary alicyclic amines) is 1. The second kappa shape index (κ2) is 12.7. The molecule has 4 heterocycles. The van der Waals surface area contributed by atoms with Crippen molar-refractivity contribution in [2.24, 2.45) is 0 Å². The number of hydrogen-bond acceptors (Lipinski definition) is 8. The smallest absolute Gasteiger partial charge is 0.318 e. The number of fused-ring (bicyclic) bond motifs is 2. The summed E-state index contributed by atoms with van der Waals surface area (Å²) in [4.78, 5) is 28.7. The van der Waals surface area contributed by atoms with Crippen molar-refractivity contribution in [3.05, 3.63) is 59.6 Å². The van der Waals surface area contributed by atoms with Gasteiger partial charge in [-0.3, -0.25) is 4.79 Å². The summed E-state index contributed by atoms with van der Waals surface area (Å²) in [6.07, 6.45) is 12.8. The second-order valence-corrected chi connectivity index (χ2v) is 12.0. The van der Waals surface area contributed by atoms with Crippen molar-refractivity contribution in [1.82, 2.24) is 20.2 Å². The van der Waals surface area contributed by atoms with Gasteiger partial charge in [-0.2, -0.15) is 9.97 Å². The van der Waals surface area contributed by atoms with Gasteiger partial charge in [-0.25, -0.2) is 4.39 Å². The van der Waals surface area contributed by atoms with Crippen LogP contribution in [-0.4, -0.2) is 77.8 Å². The summed E-state index contributed by atoms with van der Waals surface area (Å²) in [5, 5.41) is 14.9. The molecule has 2 fully saturated rings. The number of nitrogens with one attached hydrogen (secondary N) is 1. The third-order valence-corrected chi connectivity index (χ3v) is 9.12. The summed E-state index contributed by atoms with van der Waals surface area (Å²) in [6.45, 7) is 7.59. The van der Waals surface area contributed by atoms with Gasteiger partial charge in [0.2, 0.25) is 5.91 Å². The Balaban J connectivity index is 1.37. The van der Waals surface area contributed by atoms with Crippen molar-refractivity contribution in [1.29, 1.82) is 0 Å². The number of benzene rings is 2. The van der Waals surface area contributed by atoms with E-state index in [-0.39, 0.29) is 23.3 Å². The molecule has 6 rings (SSSR count). The van der Waals surface area contributed by atoms with E-state index < -0.39 is 5.82 Å². The highest BCUT2D eigenvalue weighted by Gasteiger charge is 2.30. The molecule has 9 nitrogen and oxygen atoms in total. The number of anilines is 2. The molecule has 1 amide bonds. The zero-order valence-electron chi connectivity index (χ0n) is 25.2. The van der Waals surface area contributed by atoms with Gasteiger partial charge in [-0.15, -0.1) is 6.42 Å². The molecule has 0 aliphatic carbocycles. The van der Waals surface area contributed by atoms with E-state index in [9.17, 15) is 14.3 Å². The molecule has 10 heteroatoms. The molecular formula is C34H39FN6O3. The van der Waals surface area contributed by atoms with Crippen LogP contribution in [0.15, 0.2) is 36.9 Å². The first-order chi connectivity index (χ1) is 21.3. The predicted molar refractivity (Wildman–Crippen MR) is 170 cm³/mol. The second-order valence-electron chi connectivity index (χ2n) is 12.0. The molecule has 3 aliphatic heterocycles. The Labute approximate surface area is 257 Å². The number of carbonyl (C=O) groups is 1. The zero-order valence-corrected chi connectivity index (χ0v) is 25.2. The summed E-state index contributed by atoms with van der Waals surface area (Å²) in [5.41, 5.74) is 2.70. The van der Waals surface area contributed by atoms with Gasteiger partial charge in [-0.1, -0.05) is 18.6 Å². The first-order valence-corrected chi connectivity index (χ1v) is 15.4. The summed E-state index contributed by atoms with van der Waals surface area (Å²) in [5.74, 6) is 2.78. The van der Waals surface area contributed by atoms with Crippen LogP contribution < -0.4 is 19.9 Å². The van der Waals surface area contributed by atoms with Gasteiger partial charge in [0.25, 0.3) is 0 Å². The number of carbonyl (C=O) groups excluding carboxylic acids is 1. The molecule has 2 saturated heterocycles. The van der Waals surface area contributed by atoms with Gasteiger partial charge in [0, 0.05) is 54.4 Å². The van der Waals surface area contributed by atoms with Gasteiger partial charge in [0.15, 0.2) is 0 Å². The number of amides is 1. The molecule has 3 aromatic rings. The van der Waals surface area contributed by atoms with Crippen LogP contribution in [0.4, 0.5) is 15.9 Å². The minimum absolute atomic E-state index is 0.0269. The number of phenols is 1. The van der Waals surface area contributed by atoms with E-state index in [2.05, 4.69) is 39.6 Å². The van der Waals surface area contributed by atoms with Crippen molar-refractivity contribution in [2.75, 3.05) is 49.6 Å². The van der Waals surface area contributed by atoms with Crippen molar-refractivity contribution in [3.63, 3.8) is 0 Å². The number of terminal acetylenes is 1. The van der Waals surface area contributed by atoms with E-state index in [0.717, 1.165) is 62.3 Å². The molecule has 3 aliphatic rings. The van der Waals surface area contributed by atoms with Gasteiger partial charge >= 0.3 is 6.01 Å².